The van der Waals surface area contributed by atoms with Crippen LogP contribution in [-0.4, -0.2) is 22.6 Å². The van der Waals surface area contributed by atoms with Crippen molar-refractivity contribution in [3.63, 3.8) is 0 Å². The number of nitrogens with zero attached hydrogens (tertiary/aromatic N) is 3. The molecule has 0 fully saturated rings. The molecule has 1 aliphatic rings. The summed E-state index contributed by atoms with van der Waals surface area (Å²) in [5.74, 6) is 0.440. The van der Waals surface area contributed by atoms with Gasteiger partial charge in [-0.05, 0) is 41.8 Å². The van der Waals surface area contributed by atoms with E-state index in [1.165, 1.54) is 11.1 Å². The van der Waals surface area contributed by atoms with Gasteiger partial charge in [0.2, 0.25) is 0 Å². The molecule has 0 atom stereocenters. The molecule has 4 rings (SSSR count). The lowest BCUT2D eigenvalue weighted by molar-refractivity contribution is 0.102. The van der Waals surface area contributed by atoms with E-state index >= 15 is 0 Å². The van der Waals surface area contributed by atoms with Gasteiger partial charge in [0.1, 0.15) is 0 Å². The molecule has 0 unspecified atom stereocenters. The highest BCUT2D eigenvalue weighted by atomic mass is 35.5. The molecule has 0 spiro atoms. The van der Waals surface area contributed by atoms with Crippen molar-refractivity contribution >= 4 is 29.0 Å². The first-order chi connectivity index (χ1) is 12.7. The number of hydrogen-bond acceptors (Lipinski definition) is 4. The van der Waals surface area contributed by atoms with Crippen molar-refractivity contribution in [3.05, 3.63) is 82.5 Å². The largest absolute Gasteiger partial charge is 0.350 e. The van der Waals surface area contributed by atoms with E-state index in [1.54, 1.807) is 18.2 Å². The molecule has 26 heavy (non-hydrogen) atoms. The SMILES string of the molecule is O=C(Nc1ccccc1Cl)c1ccc(N2CCc3ccccc3C2)nn1. The number of hydrogen-bond donors (Lipinski definition) is 1. The Labute approximate surface area is 156 Å². The molecule has 130 valence electrons. The Hall–Kier alpha value is -2.92. The highest BCUT2D eigenvalue weighted by molar-refractivity contribution is 6.33. The molecule has 0 radical (unpaired) electrons. The van der Waals surface area contributed by atoms with Gasteiger partial charge >= 0.3 is 0 Å². The molecule has 2 heterocycles. The Morgan fingerprint density at radius 1 is 0.962 bits per heavy atom. The first-order valence-electron chi connectivity index (χ1n) is 8.42. The highest BCUT2D eigenvalue weighted by Crippen LogP contribution is 2.23. The van der Waals surface area contributed by atoms with E-state index in [4.69, 9.17) is 11.6 Å². The number of carbonyl (C=O) groups excluding carboxylic acids is 1. The van der Waals surface area contributed by atoms with E-state index in [2.05, 4.69) is 44.7 Å². The molecule has 1 N–H and O–H groups in total. The number of nitrogens with one attached hydrogen (secondary N) is 1. The molecular formula is C20H17ClN4O. The minimum Gasteiger partial charge on any atom is -0.350 e. The third kappa shape index (κ3) is 3.39. The van der Waals surface area contributed by atoms with Crippen LogP contribution in [0.25, 0.3) is 0 Å². The lowest BCUT2D eigenvalue weighted by Gasteiger charge is -2.29. The van der Waals surface area contributed by atoms with Crippen LogP contribution in [0.5, 0.6) is 0 Å². The molecule has 3 aromatic rings. The van der Waals surface area contributed by atoms with Crippen molar-refractivity contribution < 1.29 is 4.79 Å². The van der Waals surface area contributed by atoms with Crippen molar-refractivity contribution in [3.8, 4) is 0 Å². The maximum Gasteiger partial charge on any atom is 0.276 e. The van der Waals surface area contributed by atoms with E-state index < -0.39 is 0 Å². The number of amides is 1. The van der Waals surface area contributed by atoms with Crippen LogP contribution in [-0.2, 0) is 13.0 Å². The maximum absolute atomic E-state index is 12.3. The molecule has 5 nitrogen and oxygen atoms in total. The Balaban J connectivity index is 1.47. The van der Waals surface area contributed by atoms with Gasteiger partial charge in [0.25, 0.3) is 5.91 Å². The predicted octanol–water partition coefficient (Wildman–Crippen LogP) is 3.95. The Morgan fingerprint density at radius 3 is 2.50 bits per heavy atom. The third-order valence-corrected chi connectivity index (χ3v) is 4.79. The normalized spacial score (nSPS) is 13.2. The fourth-order valence-electron chi connectivity index (χ4n) is 3.06. The quantitative estimate of drug-likeness (QED) is 0.764. The molecular weight excluding hydrogens is 348 g/mol. The van der Waals surface area contributed by atoms with Crippen LogP contribution in [0.2, 0.25) is 5.02 Å². The lowest BCUT2D eigenvalue weighted by Crippen LogP contribution is -2.31. The Morgan fingerprint density at radius 2 is 1.73 bits per heavy atom. The summed E-state index contributed by atoms with van der Waals surface area (Å²) in [4.78, 5) is 14.5. The van der Waals surface area contributed by atoms with Crippen LogP contribution >= 0.6 is 11.6 Å². The number of fused-ring (bicyclic) bond motifs is 1. The fraction of sp³-hybridized carbons (Fsp3) is 0.150. The summed E-state index contributed by atoms with van der Waals surface area (Å²) in [6.07, 6.45) is 0.979. The summed E-state index contributed by atoms with van der Waals surface area (Å²) in [5, 5.41) is 11.6. The van der Waals surface area contributed by atoms with Gasteiger partial charge in [-0.1, -0.05) is 48.0 Å². The summed E-state index contributed by atoms with van der Waals surface area (Å²) in [6.45, 7) is 1.69. The molecule has 0 saturated carbocycles. The summed E-state index contributed by atoms with van der Waals surface area (Å²) < 4.78 is 0. The van der Waals surface area contributed by atoms with Crippen LogP contribution < -0.4 is 10.2 Å². The highest BCUT2D eigenvalue weighted by Gasteiger charge is 2.18. The van der Waals surface area contributed by atoms with Crippen LogP contribution in [0.15, 0.2) is 60.7 Å². The number of para-hydroxylation sites is 1. The van der Waals surface area contributed by atoms with Crippen molar-refractivity contribution in [1.82, 2.24) is 10.2 Å². The lowest BCUT2D eigenvalue weighted by atomic mass is 10.00. The predicted molar refractivity (Wildman–Crippen MR) is 103 cm³/mol. The molecule has 0 bridgehead atoms. The third-order valence-electron chi connectivity index (χ3n) is 4.46. The van der Waals surface area contributed by atoms with Gasteiger partial charge in [-0.15, -0.1) is 10.2 Å². The van der Waals surface area contributed by atoms with Gasteiger partial charge < -0.3 is 10.2 Å². The van der Waals surface area contributed by atoms with Gasteiger partial charge in [-0.25, -0.2) is 0 Å². The van der Waals surface area contributed by atoms with Gasteiger partial charge in [0, 0.05) is 13.1 Å². The molecule has 6 heteroatoms. The van der Waals surface area contributed by atoms with Crippen LogP contribution in [0.4, 0.5) is 11.5 Å². The van der Waals surface area contributed by atoms with Crippen molar-refractivity contribution in [2.24, 2.45) is 0 Å². The van der Waals surface area contributed by atoms with E-state index in [1.807, 2.05) is 18.2 Å². The van der Waals surface area contributed by atoms with Gasteiger partial charge in [0.15, 0.2) is 11.5 Å². The van der Waals surface area contributed by atoms with Crippen molar-refractivity contribution in [1.29, 1.82) is 0 Å². The number of rotatable bonds is 3. The monoisotopic (exact) mass is 364 g/mol. The molecule has 1 aromatic heterocycles. The second-order valence-electron chi connectivity index (χ2n) is 6.15. The zero-order chi connectivity index (χ0) is 17.9. The van der Waals surface area contributed by atoms with Crippen molar-refractivity contribution in [2.45, 2.75) is 13.0 Å². The topological polar surface area (TPSA) is 58.1 Å². The molecule has 1 amide bonds. The Bertz CT molecular complexity index is 943. The second-order valence-corrected chi connectivity index (χ2v) is 6.56. The smallest absolute Gasteiger partial charge is 0.276 e. The van der Waals surface area contributed by atoms with Crippen LogP contribution in [0, 0.1) is 0 Å². The number of aromatic nitrogens is 2. The van der Waals surface area contributed by atoms with Gasteiger partial charge in [-0.2, -0.15) is 0 Å². The summed E-state index contributed by atoms with van der Waals surface area (Å²) in [6, 6.07) is 19.0. The van der Waals surface area contributed by atoms with E-state index in [9.17, 15) is 4.79 Å². The van der Waals surface area contributed by atoms with E-state index in [-0.39, 0.29) is 11.6 Å². The average Bonchev–Trinajstić information content (AvgIpc) is 2.69. The maximum atomic E-state index is 12.3. The fourth-order valence-corrected chi connectivity index (χ4v) is 3.24. The van der Waals surface area contributed by atoms with Gasteiger partial charge in [0.05, 0.1) is 10.7 Å². The molecule has 1 aliphatic heterocycles. The van der Waals surface area contributed by atoms with Gasteiger partial charge in [-0.3, -0.25) is 4.79 Å². The standard InChI is InChI=1S/C20H17ClN4O/c21-16-7-3-4-8-17(16)22-20(26)18-9-10-19(24-23-18)25-12-11-14-5-1-2-6-15(14)13-25/h1-10H,11-13H2,(H,22,26). The molecule has 0 aliphatic carbocycles. The first kappa shape index (κ1) is 16.5. The van der Waals surface area contributed by atoms with E-state index in [0.29, 0.717) is 10.7 Å². The van der Waals surface area contributed by atoms with Crippen LogP contribution in [0.1, 0.15) is 21.6 Å². The van der Waals surface area contributed by atoms with E-state index in [0.717, 1.165) is 25.3 Å². The molecule has 0 saturated heterocycles. The average molecular weight is 365 g/mol. The minimum absolute atomic E-state index is 0.256. The first-order valence-corrected chi connectivity index (χ1v) is 8.80. The summed E-state index contributed by atoms with van der Waals surface area (Å²) in [5.41, 5.74) is 3.50. The number of carbonyl (C=O) groups is 1. The summed E-state index contributed by atoms with van der Waals surface area (Å²) in [7, 11) is 0. The molecule has 2 aromatic carbocycles. The van der Waals surface area contributed by atoms with Crippen LogP contribution in [0.3, 0.4) is 0 Å². The summed E-state index contributed by atoms with van der Waals surface area (Å²) >= 11 is 6.07. The second kappa shape index (κ2) is 7.14. The minimum atomic E-state index is -0.332. The number of halogens is 1. The zero-order valence-corrected chi connectivity index (χ0v) is 14.8. The number of benzene rings is 2. The number of anilines is 2. The zero-order valence-electron chi connectivity index (χ0n) is 14.0. The van der Waals surface area contributed by atoms with Crippen molar-refractivity contribution in [2.75, 3.05) is 16.8 Å². The Kier molecular flexibility index (Phi) is 4.54.